The van der Waals surface area contributed by atoms with Crippen molar-refractivity contribution in [3.05, 3.63) is 22.4 Å². The number of nitrogens with two attached hydrogens (primary N) is 1. The van der Waals surface area contributed by atoms with E-state index in [9.17, 15) is 9.18 Å². The van der Waals surface area contributed by atoms with Gasteiger partial charge in [-0.15, -0.1) is 0 Å². The normalized spacial score (nSPS) is 9.94. The second kappa shape index (κ2) is 5.69. The lowest BCUT2D eigenvalue weighted by atomic mass is 10.2. The smallest absolute Gasteiger partial charge is 0.221 e. The van der Waals surface area contributed by atoms with Crippen LogP contribution in [0.25, 0.3) is 0 Å². The first-order valence-corrected chi connectivity index (χ1v) is 5.53. The van der Waals surface area contributed by atoms with Crippen molar-refractivity contribution in [3.63, 3.8) is 0 Å². The lowest BCUT2D eigenvalue weighted by molar-refractivity contribution is -0.120. The van der Waals surface area contributed by atoms with E-state index in [1.165, 1.54) is 6.07 Å². The number of carbonyl (C=O) groups excluding carboxylic acids is 1. The SMILES string of the molecule is CNC(=O)CCNc1cc(Br)c(F)cc1N. The van der Waals surface area contributed by atoms with Crippen molar-refractivity contribution in [2.75, 3.05) is 24.6 Å². The van der Waals surface area contributed by atoms with Crippen molar-refractivity contribution in [1.29, 1.82) is 0 Å². The van der Waals surface area contributed by atoms with Crippen molar-refractivity contribution in [3.8, 4) is 0 Å². The van der Waals surface area contributed by atoms with E-state index in [4.69, 9.17) is 5.73 Å². The minimum absolute atomic E-state index is 0.0627. The van der Waals surface area contributed by atoms with Crippen molar-refractivity contribution < 1.29 is 9.18 Å². The van der Waals surface area contributed by atoms with E-state index in [0.29, 0.717) is 28.8 Å². The van der Waals surface area contributed by atoms with Gasteiger partial charge >= 0.3 is 0 Å². The van der Waals surface area contributed by atoms with Crippen LogP contribution in [0.4, 0.5) is 15.8 Å². The van der Waals surface area contributed by atoms with Gasteiger partial charge in [0.1, 0.15) is 5.82 Å². The molecule has 0 aliphatic rings. The molecular weight excluding hydrogens is 277 g/mol. The minimum Gasteiger partial charge on any atom is -0.397 e. The zero-order valence-corrected chi connectivity index (χ0v) is 10.4. The first-order valence-electron chi connectivity index (χ1n) is 4.73. The summed E-state index contributed by atoms with van der Waals surface area (Å²) in [4.78, 5) is 11.0. The fourth-order valence-corrected chi connectivity index (χ4v) is 1.49. The van der Waals surface area contributed by atoms with Crippen LogP contribution in [0, 0.1) is 5.82 Å². The highest BCUT2D eigenvalue weighted by molar-refractivity contribution is 9.10. The van der Waals surface area contributed by atoms with E-state index in [1.54, 1.807) is 13.1 Å². The van der Waals surface area contributed by atoms with Gasteiger partial charge < -0.3 is 16.4 Å². The highest BCUT2D eigenvalue weighted by atomic mass is 79.9. The highest BCUT2D eigenvalue weighted by Gasteiger charge is 2.06. The molecule has 0 aliphatic heterocycles. The summed E-state index contributed by atoms with van der Waals surface area (Å²) in [7, 11) is 1.57. The first kappa shape index (κ1) is 12.8. The number of benzene rings is 1. The number of carbonyl (C=O) groups is 1. The van der Waals surface area contributed by atoms with E-state index in [2.05, 4.69) is 26.6 Å². The van der Waals surface area contributed by atoms with Gasteiger partial charge in [-0.2, -0.15) is 0 Å². The molecule has 0 saturated heterocycles. The maximum absolute atomic E-state index is 13.0. The lowest BCUT2D eigenvalue weighted by Crippen LogP contribution is -2.21. The summed E-state index contributed by atoms with van der Waals surface area (Å²) >= 11 is 3.06. The van der Waals surface area contributed by atoms with Gasteiger partial charge in [0, 0.05) is 26.1 Å². The van der Waals surface area contributed by atoms with Gasteiger partial charge in [-0.1, -0.05) is 0 Å². The largest absolute Gasteiger partial charge is 0.397 e. The van der Waals surface area contributed by atoms with Crippen molar-refractivity contribution in [1.82, 2.24) is 5.32 Å². The summed E-state index contributed by atoms with van der Waals surface area (Å²) in [6, 6.07) is 2.78. The lowest BCUT2D eigenvalue weighted by Gasteiger charge is -2.09. The van der Waals surface area contributed by atoms with Crippen LogP contribution >= 0.6 is 15.9 Å². The van der Waals surface area contributed by atoms with Crippen LogP contribution in [0.5, 0.6) is 0 Å². The van der Waals surface area contributed by atoms with Crippen LogP contribution in [0.1, 0.15) is 6.42 Å². The summed E-state index contributed by atoms with van der Waals surface area (Å²) in [5, 5.41) is 5.47. The number of anilines is 2. The fraction of sp³-hybridized carbons (Fsp3) is 0.300. The molecule has 0 fully saturated rings. The average molecular weight is 290 g/mol. The van der Waals surface area contributed by atoms with Gasteiger partial charge in [0.2, 0.25) is 5.91 Å². The molecule has 4 nitrogen and oxygen atoms in total. The van der Waals surface area contributed by atoms with Crippen LogP contribution in [0.15, 0.2) is 16.6 Å². The minimum atomic E-state index is -0.408. The fourth-order valence-electron chi connectivity index (χ4n) is 1.15. The Bertz CT molecular complexity index is 398. The van der Waals surface area contributed by atoms with E-state index in [0.717, 1.165) is 0 Å². The molecule has 4 N–H and O–H groups in total. The number of nitrogen functional groups attached to an aromatic ring is 1. The monoisotopic (exact) mass is 289 g/mol. The number of nitrogens with one attached hydrogen (secondary N) is 2. The Hall–Kier alpha value is -1.30. The van der Waals surface area contributed by atoms with E-state index in [1.807, 2.05) is 0 Å². The highest BCUT2D eigenvalue weighted by Crippen LogP contribution is 2.26. The second-order valence-electron chi connectivity index (χ2n) is 3.20. The number of rotatable bonds is 4. The summed E-state index contributed by atoms with van der Waals surface area (Å²) in [6.07, 6.45) is 0.338. The molecule has 1 rings (SSSR count). The van der Waals surface area contributed by atoms with Crippen molar-refractivity contribution >= 4 is 33.2 Å². The van der Waals surface area contributed by atoms with Crippen LogP contribution in [-0.4, -0.2) is 19.5 Å². The molecule has 1 aromatic carbocycles. The summed E-state index contributed by atoms with van der Waals surface area (Å²) in [5.74, 6) is -0.471. The van der Waals surface area contributed by atoms with Crippen molar-refractivity contribution in [2.45, 2.75) is 6.42 Å². The van der Waals surface area contributed by atoms with Gasteiger partial charge in [-0.3, -0.25) is 4.79 Å². The standard InChI is InChI=1S/C10H13BrFN3O/c1-14-10(16)2-3-15-9-4-6(11)7(12)5-8(9)13/h4-5,15H,2-3,13H2,1H3,(H,14,16). The van der Waals surface area contributed by atoms with Gasteiger partial charge in [0.15, 0.2) is 0 Å². The van der Waals surface area contributed by atoms with E-state index < -0.39 is 5.82 Å². The van der Waals surface area contributed by atoms with E-state index in [-0.39, 0.29) is 5.91 Å². The molecule has 0 atom stereocenters. The molecule has 0 saturated carbocycles. The second-order valence-corrected chi connectivity index (χ2v) is 4.06. The first-order chi connectivity index (χ1) is 7.54. The number of halogens is 2. The molecule has 88 valence electrons. The van der Waals surface area contributed by atoms with Gasteiger partial charge in [0.25, 0.3) is 0 Å². The number of hydrogen-bond donors (Lipinski definition) is 3. The molecule has 0 bridgehead atoms. The molecule has 16 heavy (non-hydrogen) atoms. The third-order valence-electron chi connectivity index (χ3n) is 2.04. The Kier molecular flexibility index (Phi) is 4.54. The summed E-state index contributed by atoms with van der Waals surface area (Å²) < 4.78 is 13.4. The molecular formula is C10H13BrFN3O. The molecule has 1 amide bonds. The predicted octanol–water partition coefficient (Wildman–Crippen LogP) is 1.72. The van der Waals surface area contributed by atoms with Gasteiger partial charge in [-0.05, 0) is 22.0 Å². The Labute approximate surface area is 102 Å². The Morgan fingerprint density at radius 1 is 1.56 bits per heavy atom. The zero-order valence-electron chi connectivity index (χ0n) is 8.81. The number of hydrogen-bond acceptors (Lipinski definition) is 3. The van der Waals surface area contributed by atoms with Gasteiger partial charge in [-0.25, -0.2) is 4.39 Å². The third-order valence-corrected chi connectivity index (χ3v) is 2.65. The van der Waals surface area contributed by atoms with Crippen molar-refractivity contribution in [2.24, 2.45) is 0 Å². The Balaban J connectivity index is 2.60. The third kappa shape index (κ3) is 3.37. The van der Waals surface area contributed by atoms with Gasteiger partial charge in [0.05, 0.1) is 15.8 Å². The van der Waals surface area contributed by atoms with Crippen LogP contribution in [-0.2, 0) is 4.79 Å². The maximum atomic E-state index is 13.0. The molecule has 0 aromatic heterocycles. The maximum Gasteiger partial charge on any atom is 0.221 e. The predicted molar refractivity (Wildman–Crippen MR) is 65.7 cm³/mol. The molecule has 0 aliphatic carbocycles. The zero-order chi connectivity index (χ0) is 12.1. The summed E-state index contributed by atoms with van der Waals surface area (Å²) in [6.45, 7) is 0.446. The Morgan fingerprint density at radius 3 is 2.88 bits per heavy atom. The van der Waals surface area contributed by atoms with E-state index >= 15 is 0 Å². The molecule has 6 heteroatoms. The summed E-state index contributed by atoms with van der Waals surface area (Å²) in [5.41, 5.74) is 6.54. The molecule has 0 heterocycles. The quantitative estimate of drug-likeness (QED) is 0.740. The molecule has 0 unspecified atom stereocenters. The Morgan fingerprint density at radius 2 is 2.25 bits per heavy atom. The molecule has 0 radical (unpaired) electrons. The molecule has 1 aromatic rings. The topological polar surface area (TPSA) is 67.2 Å². The number of amides is 1. The molecule has 0 spiro atoms. The van der Waals surface area contributed by atoms with Crippen LogP contribution < -0.4 is 16.4 Å². The van der Waals surface area contributed by atoms with Crippen LogP contribution in [0.3, 0.4) is 0 Å². The average Bonchev–Trinajstić information content (AvgIpc) is 2.25. The van der Waals surface area contributed by atoms with Crippen LogP contribution in [0.2, 0.25) is 0 Å².